The number of hydrogen-bond acceptors (Lipinski definition) is 2. The van der Waals surface area contributed by atoms with Crippen LogP contribution in [0, 0.1) is 22.7 Å². The standard InChI is InChI=1S/C15H16Br2N2/c1-15-4-5-19(9-13(15)14(15)17)8-10-2-3-12(16)6-11(10)7-18/h2-3,6,13-14H,4-5,8-9H2,1H3. The fourth-order valence-corrected chi connectivity index (χ4v) is 4.72. The molecule has 0 spiro atoms. The minimum absolute atomic E-state index is 0.522. The third-order valence-electron chi connectivity index (χ3n) is 4.73. The van der Waals surface area contributed by atoms with Crippen LogP contribution in [0.3, 0.4) is 0 Å². The number of fused-ring (bicyclic) bond motifs is 1. The Morgan fingerprint density at radius 2 is 2.32 bits per heavy atom. The van der Waals surface area contributed by atoms with Crippen LogP contribution in [0.1, 0.15) is 24.5 Å². The summed E-state index contributed by atoms with van der Waals surface area (Å²) in [5, 5.41) is 9.22. The molecule has 1 aliphatic heterocycles. The zero-order valence-corrected chi connectivity index (χ0v) is 14.0. The predicted octanol–water partition coefficient (Wildman–Crippen LogP) is 3.93. The van der Waals surface area contributed by atoms with Gasteiger partial charge in [0.2, 0.25) is 0 Å². The van der Waals surface area contributed by atoms with Gasteiger partial charge < -0.3 is 0 Å². The second-order valence-corrected chi connectivity index (χ2v) is 7.81. The Kier molecular flexibility index (Phi) is 3.49. The summed E-state index contributed by atoms with van der Waals surface area (Å²) in [6.07, 6.45) is 1.26. The molecule has 0 bridgehead atoms. The lowest BCUT2D eigenvalue weighted by molar-refractivity contribution is 0.179. The van der Waals surface area contributed by atoms with Crippen LogP contribution >= 0.6 is 31.9 Å². The SMILES string of the molecule is CC12CCN(Cc3ccc(Br)cc3C#N)CC1C2Br. The van der Waals surface area contributed by atoms with Crippen molar-refractivity contribution in [2.45, 2.75) is 24.7 Å². The van der Waals surface area contributed by atoms with E-state index in [2.05, 4.69) is 55.8 Å². The molecule has 1 aliphatic carbocycles. The number of likely N-dealkylation sites (tertiary alicyclic amines) is 1. The van der Waals surface area contributed by atoms with Gasteiger partial charge in [-0.15, -0.1) is 0 Å². The van der Waals surface area contributed by atoms with Crippen LogP contribution in [0.2, 0.25) is 0 Å². The summed E-state index contributed by atoms with van der Waals surface area (Å²) in [7, 11) is 0. The van der Waals surface area contributed by atoms with Gasteiger partial charge in [-0.3, -0.25) is 4.90 Å². The molecular formula is C15H16Br2N2. The van der Waals surface area contributed by atoms with Gasteiger partial charge in [0, 0.05) is 22.4 Å². The van der Waals surface area contributed by atoms with Crippen molar-refractivity contribution in [1.29, 1.82) is 5.26 Å². The topological polar surface area (TPSA) is 27.0 Å². The average molecular weight is 384 g/mol. The number of piperidine rings is 1. The molecule has 1 saturated carbocycles. The number of halogens is 2. The van der Waals surface area contributed by atoms with Crippen molar-refractivity contribution in [2.24, 2.45) is 11.3 Å². The molecule has 0 radical (unpaired) electrons. The summed E-state index contributed by atoms with van der Waals surface area (Å²) in [4.78, 5) is 3.17. The Balaban J connectivity index is 1.72. The van der Waals surface area contributed by atoms with Gasteiger partial charge in [0.05, 0.1) is 11.6 Å². The van der Waals surface area contributed by atoms with E-state index >= 15 is 0 Å². The molecule has 19 heavy (non-hydrogen) atoms. The summed E-state index contributed by atoms with van der Waals surface area (Å²) < 4.78 is 0.974. The molecule has 1 aromatic carbocycles. The molecule has 1 heterocycles. The molecule has 1 aromatic rings. The minimum Gasteiger partial charge on any atom is -0.299 e. The molecule has 0 aromatic heterocycles. The second-order valence-electron chi connectivity index (χ2n) is 5.91. The highest BCUT2D eigenvalue weighted by Crippen LogP contribution is 2.61. The van der Waals surface area contributed by atoms with Crippen molar-refractivity contribution in [1.82, 2.24) is 4.90 Å². The molecule has 3 unspecified atom stereocenters. The van der Waals surface area contributed by atoms with Crippen LogP contribution in [0.4, 0.5) is 0 Å². The van der Waals surface area contributed by atoms with Gasteiger partial charge in [-0.05, 0) is 42.0 Å². The maximum absolute atomic E-state index is 9.22. The quantitative estimate of drug-likeness (QED) is 0.723. The maximum atomic E-state index is 9.22. The molecule has 3 rings (SSSR count). The van der Waals surface area contributed by atoms with E-state index in [1.54, 1.807) is 0 Å². The zero-order valence-electron chi connectivity index (χ0n) is 10.9. The number of rotatable bonds is 2. The monoisotopic (exact) mass is 382 g/mol. The Hall–Kier alpha value is -0.370. The first kappa shape index (κ1) is 13.6. The third kappa shape index (κ3) is 2.37. The maximum Gasteiger partial charge on any atom is 0.0995 e. The van der Waals surface area contributed by atoms with Gasteiger partial charge in [0.15, 0.2) is 0 Å². The highest BCUT2D eigenvalue weighted by atomic mass is 79.9. The van der Waals surface area contributed by atoms with Gasteiger partial charge in [0.25, 0.3) is 0 Å². The van der Waals surface area contributed by atoms with E-state index in [0.29, 0.717) is 10.2 Å². The molecule has 3 atom stereocenters. The summed E-state index contributed by atoms with van der Waals surface area (Å²) in [6.45, 7) is 5.56. The summed E-state index contributed by atoms with van der Waals surface area (Å²) >= 11 is 7.22. The van der Waals surface area contributed by atoms with Crippen LogP contribution in [-0.2, 0) is 6.54 Å². The van der Waals surface area contributed by atoms with Crippen LogP contribution < -0.4 is 0 Å². The lowest BCUT2D eigenvalue weighted by Crippen LogP contribution is -2.33. The van der Waals surface area contributed by atoms with Crippen LogP contribution in [0.15, 0.2) is 22.7 Å². The van der Waals surface area contributed by atoms with Gasteiger partial charge in [0.1, 0.15) is 0 Å². The fourth-order valence-electron chi connectivity index (χ4n) is 3.17. The average Bonchev–Trinajstić information content (AvgIpc) is 2.94. The van der Waals surface area contributed by atoms with E-state index in [1.165, 1.54) is 6.42 Å². The van der Waals surface area contributed by atoms with Crippen LogP contribution in [0.5, 0.6) is 0 Å². The lowest BCUT2D eigenvalue weighted by atomic mass is 9.97. The predicted molar refractivity (Wildman–Crippen MR) is 83.1 cm³/mol. The fraction of sp³-hybridized carbons (Fsp3) is 0.533. The van der Waals surface area contributed by atoms with Gasteiger partial charge in [-0.25, -0.2) is 0 Å². The highest BCUT2D eigenvalue weighted by molar-refractivity contribution is 9.10. The molecule has 2 aliphatic rings. The summed E-state index contributed by atoms with van der Waals surface area (Å²) in [6, 6.07) is 8.30. The number of benzene rings is 1. The normalized spacial score (nSPS) is 33.6. The second kappa shape index (κ2) is 4.87. The van der Waals surface area contributed by atoms with E-state index in [0.717, 1.165) is 41.2 Å². The van der Waals surface area contributed by atoms with E-state index in [1.807, 2.05) is 12.1 Å². The third-order valence-corrected chi connectivity index (χ3v) is 6.91. The first-order valence-corrected chi connectivity index (χ1v) is 8.30. The van der Waals surface area contributed by atoms with E-state index in [4.69, 9.17) is 0 Å². The molecular weight excluding hydrogens is 368 g/mol. The van der Waals surface area contributed by atoms with Gasteiger partial charge in [-0.1, -0.05) is 44.8 Å². The first-order valence-electron chi connectivity index (χ1n) is 6.59. The van der Waals surface area contributed by atoms with Crippen molar-refractivity contribution in [2.75, 3.05) is 13.1 Å². The van der Waals surface area contributed by atoms with Crippen molar-refractivity contribution in [3.8, 4) is 6.07 Å². The summed E-state index contributed by atoms with van der Waals surface area (Å²) in [5.74, 6) is 0.780. The molecule has 1 saturated heterocycles. The smallest absolute Gasteiger partial charge is 0.0995 e. The molecule has 0 N–H and O–H groups in total. The van der Waals surface area contributed by atoms with Crippen LogP contribution in [-0.4, -0.2) is 22.8 Å². The zero-order chi connectivity index (χ0) is 13.6. The van der Waals surface area contributed by atoms with E-state index < -0.39 is 0 Å². The Morgan fingerprint density at radius 3 is 3.00 bits per heavy atom. The minimum atomic E-state index is 0.522. The largest absolute Gasteiger partial charge is 0.299 e. The van der Waals surface area contributed by atoms with Crippen molar-refractivity contribution in [3.63, 3.8) is 0 Å². The van der Waals surface area contributed by atoms with E-state index in [9.17, 15) is 5.26 Å². The molecule has 100 valence electrons. The Bertz CT molecular complexity index is 552. The van der Waals surface area contributed by atoms with Crippen LogP contribution in [0.25, 0.3) is 0 Å². The highest BCUT2D eigenvalue weighted by Gasteiger charge is 2.61. The molecule has 4 heteroatoms. The molecule has 0 amide bonds. The Morgan fingerprint density at radius 1 is 1.53 bits per heavy atom. The lowest BCUT2D eigenvalue weighted by Gasteiger charge is -2.29. The van der Waals surface area contributed by atoms with E-state index in [-0.39, 0.29) is 0 Å². The van der Waals surface area contributed by atoms with Crippen molar-refractivity contribution < 1.29 is 0 Å². The molecule has 2 fully saturated rings. The first-order chi connectivity index (χ1) is 9.04. The molecule has 2 nitrogen and oxygen atoms in total. The Labute approximate surface area is 131 Å². The summed E-state index contributed by atoms with van der Waals surface area (Å²) in [5.41, 5.74) is 2.45. The number of nitrogens with zero attached hydrogens (tertiary/aromatic N) is 2. The van der Waals surface area contributed by atoms with Crippen molar-refractivity contribution >= 4 is 31.9 Å². The van der Waals surface area contributed by atoms with Gasteiger partial charge >= 0.3 is 0 Å². The number of alkyl halides is 1. The van der Waals surface area contributed by atoms with Crippen molar-refractivity contribution in [3.05, 3.63) is 33.8 Å². The van der Waals surface area contributed by atoms with Gasteiger partial charge in [-0.2, -0.15) is 5.26 Å². The number of hydrogen-bond donors (Lipinski definition) is 0. The number of nitriles is 1.